The van der Waals surface area contributed by atoms with Crippen molar-refractivity contribution < 1.29 is 18.7 Å². The largest absolute Gasteiger partial charge is 0.465 e. The van der Waals surface area contributed by atoms with E-state index >= 15 is 4.39 Å². The molecule has 1 saturated carbocycles. The van der Waals surface area contributed by atoms with E-state index in [2.05, 4.69) is 43.5 Å². The molecule has 4 heterocycles. The van der Waals surface area contributed by atoms with Crippen molar-refractivity contribution in [3.05, 3.63) is 59.5 Å². The van der Waals surface area contributed by atoms with Gasteiger partial charge in [0.15, 0.2) is 5.82 Å². The number of carbonyl (C=O) groups excluding carboxylic acids is 1. The summed E-state index contributed by atoms with van der Waals surface area (Å²) < 4.78 is 26.4. The SMILES string of the molecule is CN1CCN(c2ccc(OC3(C#N)COC3)c(Nc3ncc(F)c(-c4ccc5c(c4)C(=O)NC54CC4)n3)c2)CC1. The van der Waals surface area contributed by atoms with Gasteiger partial charge in [0, 0.05) is 43.0 Å². The first-order valence-electron chi connectivity index (χ1n) is 13.4. The van der Waals surface area contributed by atoms with E-state index in [0.29, 0.717) is 22.6 Å². The van der Waals surface area contributed by atoms with Gasteiger partial charge < -0.3 is 29.9 Å². The minimum Gasteiger partial charge on any atom is -0.465 e. The first kappa shape index (κ1) is 24.7. The summed E-state index contributed by atoms with van der Waals surface area (Å²) in [6.07, 6.45) is 2.94. The van der Waals surface area contributed by atoms with Crippen LogP contribution in [0.1, 0.15) is 28.8 Å². The van der Waals surface area contributed by atoms with Crippen LogP contribution in [0.5, 0.6) is 5.75 Å². The van der Waals surface area contributed by atoms with Crippen LogP contribution in [-0.4, -0.2) is 72.8 Å². The number of hydrogen-bond donors (Lipinski definition) is 2. The van der Waals surface area contributed by atoms with Crippen molar-refractivity contribution in [1.29, 1.82) is 5.26 Å². The van der Waals surface area contributed by atoms with Gasteiger partial charge in [-0.05, 0) is 49.7 Å². The van der Waals surface area contributed by atoms with Gasteiger partial charge in [-0.3, -0.25) is 4.79 Å². The Morgan fingerprint density at radius 2 is 1.95 bits per heavy atom. The molecule has 1 aromatic heterocycles. The molecule has 7 rings (SSSR count). The highest BCUT2D eigenvalue weighted by Crippen LogP contribution is 2.50. The van der Waals surface area contributed by atoms with Crippen LogP contribution in [0, 0.1) is 17.1 Å². The number of piperazine rings is 1. The molecule has 10 nitrogen and oxygen atoms in total. The molecule has 3 aromatic rings. The lowest BCUT2D eigenvalue weighted by molar-refractivity contribution is -0.126. The van der Waals surface area contributed by atoms with E-state index in [1.807, 2.05) is 24.3 Å². The Hall–Kier alpha value is -4.27. The van der Waals surface area contributed by atoms with Crippen LogP contribution in [0.2, 0.25) is 0 Å². The van der Waals surface area contributed by atoms with Gasteiger partial charge in [0.05, 0.1) is 17.4 Å². The Morgan fingerprint density at radius 3 is 2.65 bits per heavy atom. The van der Waals surface area contributed by atoms with E-state index < -0.39 is 11.4 Å². The fraction of sp³-hybridized carbons (Fsp3) is 0.379. The normalized spacial score (nSPS) is 20.3. The summed E-state index contributed by atoms with van der Waals surface area (Å²) in [5.41, 5.74) is 2.32. The summed E-state index contributed by atoms with van der Waals surface area (Å²) in [4.78, 5) is 25.8. The first-order valence-corrected chi connectivity index (χ1v) is 13.4. The second-order valence-corrected chi connectivity index (χ2v) is 11.0. The van der Waals surface area contributed by atoms with Gasteiger partial charge in [-0.25, -0.2) is 14.4 Å². The highest BCUT2D eigenvalue weighted by Gasteiger charge is 2.52. The Labute approximate surface area is 230 Å². The highest BCUT2D eigenvalue weighted by molar-refractivity contribution is 6.01. The molecule has 2 aromatic carbocycles. The van der Waals surface area contributed by atoms with Crippen LogP contribution in [0.15, 0.2) is 42.6 Å². The summed E-state index contributed by atoms with van der Waals surface area (Å²) in [6, 6.07) is 13.3. The summed E-state index contributed by atoms with van der Waals surface area (Å²) >= 11 is 0. The molecule has 1 aliphatic carbocycles. The zero-order chi connectivity index (χ0) is 27.5. The predicted molar refractivity (Wildman–Crippen MR) is 145 cm³/mol. The number of amides is 1. The summed E-state index contributed by atoms with van der Waals surface area (Å²) in [5.74, 6) is -0.129. The van der Waals surface area contributed by atoms with E-state index in [1.54, 1.807) is 12.1 Å². The maximum atomic E-state index is 15.0. The second kappa shape index (κ2) is 9.15. The molecular formula is C29H28FN7O3. The fourth-order valence-corrected chi connectivity index (χ4v) is 5.53. The van der Waals surface area contributed by atoms with Gasteiger partial charge >= 0.3 is 0 Å². The van der Waals surface area contributed by atoms with Crippen molar-refractivity contribution in [2.75, 3.05) is 56.7 Å². The fourth-order valence-electron chi connectivity index (χ4n) is 5.53. The molecule has 3 aliphatic heterocycles. The van der Waals surface area contributed by atoms with Crippen LogP contribution in [0.3, 0.4) is 0 Å². The van der Waals surface area contributed by atoms with Gasteiger partial charge in [-0.15, -0.1) is 0 Å². The number of nitrogens with zero attached hydrogens (tertiary/aromatic N) is 5. The number of nitriles is 1. The number of hydrogen-bond acceptors (Lipinski definition) is 9. The topological polar surface area (TPSA) is 116 Å². The van der Waals surface area contributed by atoms with Crippen LogP contribution < -0.4 is 20.3 Å². The van der Waals surface area contributed by atoms with Crippen LogP contribution in [0.4, 0.5) is 21.7 Å². The summed E-state index contributed by atoms with van der Waals surface area (Å²) in [5, 5.41) is 15.9. The number of nitrogens with one attached hydrogen (secondary N) is 2. The number of likely N-dealkylation sites (N-methyl/N-ethyl adjacent to an activating group) is 1. The van der Waals surface area contributed by atoms with E-state index in [0.717, 1.165) is 56.5 Å². The van der Waals surface area contributed by atoms with Crippen LogP contribution in [-0.2, 0) is 10.3 Å². The van der Waals surface area contributed by atoms with Crippen molar-refractivity contribution in [3.63, 3.8) is 0 Å². The van der Waals surface area contributed by atoms with Crippen molar-refractivity contribution in [2.45, 2.75) is 24.0 Å². The number of ether oxygens (including phenoxy) is 2. The van der Waals surface area contributed by atoms with Crippen LogP contribution in [0.25, 0.3) is 11.3 Å². The molecule has 3 fully saturated rings. The smallest absolute Gasteiger partial charge is 0.252 e. The summed E-state index contributed by atoms with van der Waals surface area (Å²) in [6.45, 7) is 3.98. The molecular weight excluding hydrogens is 513 g/mol. The van der Waals surface area contributed by atoms with Gasteiger partial charge in [-0.2, -0.15) is 5.26 Å². The monoisotopic (exact) mass is 541 g/mol. The molecule has 0 radical (unpaired) electrons. The van der Waals surface area contributed by atoms with E-state index in [1.165, 1.54) is 0 Å². The third kappa shape index (κ3) is 4.20. The quantitative estimate of drug-likeness (QED) is 0.485. The first-order chi connectivity index (χ1) is 19.4. The molecule has 40 heavy (non-hydrogen) atoms. The van der Waals surface area contributed by atoms with E-state index in [9.17, 15) is 10.1 Å². The lowest BCUT2D eigenvalue weighted by Gasteiger charge is -2.36. The Balaban J connectivity index is 1.22. The molecule has 0 atom stereocenters. The third-order valence-electron chi connectivity index (χ3n) is 8.16. The number of halogens is 1. The van der Waals surface area contributed by atoms with Gasteiger partial charge in [-0.1, -0.05) is 12.1 Å². The van der Waals surface area contributed by atoms with Crippen molar-refractivity contribution in [3.8, 4) is 23.1 Å². The van der Waals surface area contributed by atoms with Crippen LogP contribution >= 0.6 is 0 Å². The summed E-state index contributed by atoms with van der Waals surface area (Å²) in [7, 11) is 2.10. The lowest BCUT2D eigenvalue weighted by atomic mass is 9.99. The van der Waals surface area contributed by atoms with Gasteiger partial charge in [0.2, 0.25) is 11.5 Å². The minimum atomic E-state index is -1.06. The maximum Gasteiger partial charge on any atom is 0.252 e. The predicted octanol–water partition coefficient (Wildman–Crippen LogP) is 3.18. The molecule has 4 aliphatic rings. The third-order valence-corrected chi connectivity index (χ3v) is 8.16. The number of aromatic nitrogens is 2. The lowest BCUT2D eigenvalue weighted by Crippen LogP contribution is -2.53. The Kier molecular flexibility index (Phi) is 5.66. The molecule has 1 amide bonds. The average Bonchev–Trinajstić information content (AvgIpc) is 3.66. The van der Waals surface area contributed by atoms with Gasteiger partial charge in [0.25, 0.3) is 5.91 Å². The molecule has 1 spiro atoms. The van der Waals surface area contributed by atoms with E-state index in [-0.39, 0.29) is 36.3 Å². The molecule has 2 N–H and O–H groups in total. The molecule has 0 unspecified atom stereocenters. The minimum absolute atomic E-state index is 0.0865. The van der Waals surface area contributed by atoms with Crippen molar-refractivity contribution in [1.82, 2.24) is 20.2 Å². The zero-order valence-electron chi connectivity index (χ0n) is 22.0. The Bertz CT molecular complexity index is 1560. The molecule has 0 bridgehead atoms. The molecule has 204 valence electrons. The van der Waals surface area contributed by atoms with Crippen molar-refractivity contribution in [2.24, 2.45) is 0 Å². The van der Waals surface area contributed by atoms with Gasteiger partial charge in [0.1, 0.15) is 30.7 Å². The second-order valence-electron chi connectivity index (χ2n) is 11.0. The van der Waals surface area contributed by atoms with E-state index in [4.69, 9.17) is 9.47 Å². The zero-order valence-corrected chi connectivity index (χ0v) is 22.0. The average molecular weight is 542 g/mol. The number of rotatable bonds is 6. The molecule has 11 heteroatoms. The standard InChI is InChI=1S/C29H28FN7O3/c1-36-8-10-37(11-9-36)19-3-5-24(40-28(15-31)16-39-17-28)23(13-19)33-27-32-14-22(30)25(34-27)18-2-4-21-20(12-18)26(38)35-29(21)6-7-29/h2-5,12-14H,6-11,16-17H2,1H3,(H,35,38)(H,32,33,34). The highest BCUT2D eigenvalue weighted by atomic mass is 19.1. The number of benzene rings is 2. The van der Waals surface area contributed by atoms with Crippen molar-refractivity contribution >= 4 is 23.2 Å². The number of fused-ring (bicyclic) bond motifs is 2. The number of anilines is 3. The maximum absolute atomic E-state index is 15.0. The Morgan fingerprint density at radius 1 is 1.15 bits per heavy atom. The number of carbonyl (C=O) groups is 1. The molecule has 2 saturated heterocycles.